The lowest BCUT2D eigenvalue weighted by molar-refractivity contribution is 0.0526. The zero-order chi connectivity index (χ0) is 16.2. The number of rotatable bonds is 5. The van der Waals surface area contributed by atoms with Crippen molar-refractivity contribution in [2.45, 2.75) is 32.1 Å². The van der Waals surface area contributed by atoms with E-state index in [9.17, 15) is 9.90 Å². The van der Waals surface area contributed by atoms with Gasteiger partial charge in [0.25, 0.3) is 0 Å². The maximum atomic E-state index is 11.8. The Bertz CT molecular complexity index is 654. The van der Waals surface area contributed by atoms with Gasteiger partial charge in [0.1, 0.15) is 5.75 Å². The SMILES string of the molecule is CCOC(=O)c1ccc([C@H](c2ccc(O)cc2)C2CCC2)cc1. The molecule has 3 nitrogen and oxygen atoms in total. The molecule has 1 atom stereocenters. The number of esters is 1. The van der Waals surface area contributed by atoms with Gasteiger partial charge >= 0.3 is 5.97 Å². The highest BCUT2D eigenvalue weighted by Gasteiger charge is 2.29. The molecule has 1 saturated carbocycles. The second-order valence-electron chi connectivity index (χ2n) is 6.10. The van der Waals surface area contributed by atoms with Crippen LogP contribution >= 0.6 is 0 Å². The first-order chi connectivity index (χ1) is 11.2. The first-order valence-corrected chi connectivity index (χ1v) is 8.25. The Balaban J connectivity index is 1.88. The van der Waals surface area contributed by atoms with Gasteiger partial charge in [-0.3, -0.25) is 0 Å². The van der Waals surface area contributed by atoms with Crippen LogP contribution < -0.4 is 0 Å². The number of hydrogen-bond donors (Lipinski definition) is 1. The lowest BCUT2D eigenvalue weighted by atomic mass is 9.70. The molecule has 0 amide bonds. The van der Waals surface area contributed by atoms with Crippen molar-refractivity contribution in [3.63, 3.8) is 0 Å². The molecule has 0 aliphatic heterocycles. The third kappa shape index (κ3) is 3.39. The summed E-state index contributed by atoms with van der Waals surface area (Å²) in [4.78, 5) is 11.8. The van der Waals surface area contributed by atoms with Crippen LogP contribution in [0.3, 0.4) is 0 Å². The molecule has 3 rings (SSSR count). The van der Waals surface area contributed by atoms with Crippen LogP contribution in [0, 0.1) is 5.92 Å². The van der Waals surface area contributed by atoms with E-state index >= 15 is 0 Å². The minimum Gasteiger partial charge on any atom is -0.508 e. The summed E-state index contributed by atoms with van der Waals surface area (Å²) in [5.41, 5.74) is 3.03. The van der Waals surface area contributed by atoms with E-state index in [-0.39, 0.29) is 5.97 Å². The molecule has 3 heteroatoms. The van der Waals surface area contributed by atoms with Crippen LogP contribution in [0.25, 0.3) is 0 Å². The number of carbonyl (C=O) groups excluding carboxylic acids is 1. The molecule has 2 aromatic rings. The van der Waals surface area contributed by atoms with Crippen LogP contribution in [-0.4, -0.2) is 17.7 Å². The molecule has 2 aromatic carbocycles. The minimum absolute atomic E-state index is 0.274. The third-order valence-electron chi connectivity index (χ3n) is 4.65. The normalized spacial score (nSPS) is 15.7. The summed E-state index contributed by atoms with van der Waals surface area (Å²) in [6, 6.07) is 15.2. The maximum absolute atomic E-state index is 11.8. The number of phenols is 1. The first-order valence-electron chi connectivity index (χ1n) is 8.25. The zero-order valence-corrected chi connectivity index (χ0v) is 13.4. The van der Waals surface area contributed by atoms with Gasteiger partial charge in [-0.2, -0.15) is 0 Å². The Morgan fingerprint density at radius 3 is 2.13 bits per heavy atom. The fourth-order valence-corrected chi connectivity index (χ4v) is 3.23. The van der Waals surface area contributed by atoms with Gasteiger partial charge in [0.05, 0.1) is 12.2 Å². The van der Waals surface area contributed by atoms with Gasteiger partial charge in [-0.1, -0.05) is 30.7 Å². The summed E-state index contributed by atoms with van der Waals surface area (Å²) in [5, 5.41) is 9.52. The Kier molecular flexibility index (Phi) is 4.65. The summed E-state index contributed by atoms with van der Waals surface area (Å²) >= 11 is 0. The lowest BCUT2D eigenvalue weighted by Crippen LogP contribution is -2.21. The van der Waals surface area contributed by atoms with Gasteiger partial charge in [0, 0.05) is 5.92 Å². The molecule has 0 spiro atoms. The van der Waals surface area contributed by atoms with Crippen LogP contribution in [0.2, 0.25) is 0 Å². The molecule has 1 fully saturated rings. The average molecular weight is 310 g/mol. The first kappa shape index (κ1) is 15.6. The van der Waals surface area contributed by atoms with Crippen LogP contribution in [0.5, 0.6) is 5.75 Å². The summed E-state index contributed by atoms with van der Waals surface area (Å²) in [6.45, 7) is 2.20. The third-order valence-corrected chi connectivity index (χ3v) is 4.65. The van der Waals surface area contributed by atoms with Crippen molar-refractivity contribution in [3.05, 3.63) is 65.2 Å². The van der Waals surface area contributed by atoms with E-state index in [4.69, 9.17) is 4.74 Å². The summed E-state index contributed by atoms with van der Waals surface area (Å²) in [6.07, 6.45) is 3.73. The van der Waals surface area contributed by atoms with Gasteiger partial charge < -0.3 is 9.84 Å². The van der Waals surface area contributed by atoms with Crippen LogP contribution in [0.1, 0.15) is 53.6 Å². The fraction of sp³-hybridized carbons (Fsp3) is 0.350. The highest BCUT2D eigenvalue weighted by atomic mass is 16.5. The monoisotopic (exact) mass is 310 g/mol. The summed E-state index contributed by atoms with van der Waals surface area (Å²) in [7, 11) is 0. The molecular formula is C20H22O3. The van der Waals surface area contributed by atoms with Crippen molar-refractivity contribution >= 4 is 5.97 Å². The van der Waals surface area contributed by atoms with E-state index in [0.29, 0.717) is 29.8 Å². The van der Waals surface area contributed by atoms with Crippen molar-refractivity contribution in [1.29, 1.82) is 0 Å². The highest BCUT2D eigenvalue weighted by molar-refractivity contribution is 5.89. The van der Waals surface area contributed by atoms with Gasteiger partial charge in [0.15, 0.2) is 0 Å². The molecule has 1 aliphatic carbocycles. The van der Waals surface area contributed by atoms with E-state index in [1.54, 1.807) is 12.1 Å². The summed E-state index contributed by atoms with van der Waals surface area (Å²) in [5.74, 6) is 0.969. The predicted octanol–water partition coefficient (Wildman–Crippen LogP) is 4.50. The van der Waals surface area contributed by atoms with E-state index < -0.39 is 0 Å². The molecule has 0 heterocycles. The van der Waals surface area contributed by atoms with Gasteiger partial charge in [-0.05, 0) is 61.1 Å². The maximum Gasteiger partial charge on any atom is 0.338 e. The number of benzene rings is 2. The van der Waals surface area contributed by atoms with Gasteiger partial charge in [-0.25, -0.2) is 4.79 Å². The Labute approximate surface area is 136 Å². The van der Waals surface area contributed by atoms with Crippen molar-refractivity contribution < 1.29 is 14.6 Å². The largest absolute Gasteiger partial charge is 0.508 e. The smallest absolute Gasteiger partial charge is 0.338 e. The van der Waals surface area contributed by atoms with E-state index in [1.165, 1.54) is 30.4 Å². The second kappa shape index (κ2) is 6.86. The van der Waals surface area contributed by atoms with Crippen LogP contribution in [-0.2, 0) is 4.74 Å². The van der Waals surface area contributed by atoms with Crippen LogP contribution in [0.4, 0.5) is 0 Å². The summed E-state index contributed by atoms with van der Waals surface area (Å²) < 4.78 is 5.04. The quantitative estimate of drug-likeness (QED) is 0.827. The number of hydrogen-bond acceptors (Lipinski definition) is 3. The topological polar surface area (TPSA) is 46.5 Å². The Morgan fingerprint density at radius 2 is 1.65 bits per heavy atom. The molecule has 1 aliphatic rings. The number of phenolic OH excluding ortho intramolecular Hbond substituents is 1. The average Bonchev–Trinajstić information content (AvgIpc) is 2.52. The van der Waals surface area contributed by atoms with Crippen molar-refractivity contribution in [3.8, 4) is 5.75 Å². The number of aromatic hydroxyl groups is 1. The van der Waals surface area contributed by atoms with E-state index in [0.717, 1.165) is 0 Å². The minimum atomic E-state index is -0.274. The molecule has 0 unspecified atom stereocenters. The molecule has 120 valence electrons. The van der Waals surface area contributed by atoms with Crippen molar-refractivity contribution in [2.75, 3.05) is 6.61 Å². The molecule has 0 aromatic heterocycles. The zero-order valence-electron chi connectivity index (χ0n) is 13.4. The van der Waals surface area contributed by atoms with E-state index in [1.807, 2.05) is 43.3 Å². The Morgan fingerprint density at radius 1 is 1.09 bits per heavy atom. The number of ether oxygens (including phenoxy) is 1. The Hall–Kier alpha value is -2.29. The number of carbonyl (C=O) groups is 1. The second-order valence-corrected chi connectivity index (χ2v) is 6.10. The fourth-order valence-electron chi connectivity index (χ4n) is 3.23. The highest BCUT2D eigenvalue weighted by Crippen LogP contribution is 2.43. The molecule has 0 radical (unpaired) electrons. The van der Waals surface area contributed by atoms with E-state index in [2.05, 4.69) is 0 Å². The lowest BCUT2D eigenvalue weighted by Gasteiger charge is -2.34. The molecule has 0 bridgehead atoms. The van der Waals surface area contributed by atoms with Crippen molar-refractivity contribution in [1.82, 2.24) is 0 Å². The molecule has 1 N–H and O–H groups in total. The molecule has 0 saturated heterocycles. The molecular weight excluding hydrogens is 288 g/mol. The standard InChI is InChI=1S/C20H22O3/c1-2-23-20(22)17-8-6-15(7-9-17)19(14-4-3-5-14)16-10-12-18(21)13-11-16/h6-14,19,21H,2-5H2,1H3/t19-/m1/s1. The molecule has 23 heavy (non-hydrogen) atoms. The van der Waals surface area contributed by atoms with Crippen LogP contribution in [0.15, 0.2) is 48.5 Å². The van der Waals surface area contributed by atoms with Gasteiger partial charge in [0.2, 0.25) is 0 Å². The van der Waals surface area contributed by atoms with Crippen molar-refractivity contribution in [2.24, 2.45) is 5.92 Å². The van der Waals surface area contributed by atoms with Gasteiger partial charge in [-0.15, -0.1) is 0 Å². The predicted molar refractivity (Wildman–Crippen MR) is 89.7 cm³/mol.